The molecular weight excluding hydrogens is 387 g/mol. The second-order valence-corrected chi connectivity index (χ2v) is 6.35. The van der Waals surface area contributed by atoms with Crippen molar-refractivity contribution in [1.82, 2.24) is 5.43 Å². The lowest BCUT2D eigenvalue weighted by Gasteiger charge is -2.19. The maximum absolute atomic E-state index is 13.9. The fourth-order valence-corrected chi connectivity index (χ4v) is 2.98. The van der Waals surface area contributed by atoms with Gasteiger partial charge in [-0.2, -0.15) is 0 Å². The van der Waals surface area contributed by atoms with E-state index in [9.17, 15) is 4.39 Å². The summed E-state index contributed by atoms with van der Waals surface area (Å²) in [5.74, 6) is 5.42. The van der Waals surface area contributed by atoms with Crippen LogP contribution in [0.2, 0.25) is 0 Å². The molecule has 0 fully saturated rings. The number of aryl methyl sites for hydroxylation is 1. The van der Waals surface area contributed by atoms with Crippen molar-refractivity contribution in [3.63, 3.8) is 0 Å². The van der Waals surface area contributed by atoms with E-state index in [-0.39, 0.29) is 11.9 Å². The van der Waals surface area contributed by atoms with Crippen LogP contribution >= 0.6 is 31.9 Å². The van der Waals surface area contributed by atoms with Gasteiger partial charge in [0, 0.05) is 8.95 Å². The molecule has 20 heavy (non-hydrogen) atoms. The minimum absolute atomic E-state index is 0.153. The predicted octanol–water partition coefficient (Wildman–Crippen LogP) is 4.41. The summed E-state index contributed by atoms with van der Waals surface area (Å²) in [4.78, 5) is 0. The zero-order chi connectivity index (χ0) is 14.7. The van der Waals surface area contributed by atoms with Crippen molar-refractivity contribution in [2.24, 2.45) is 5.84 Å². The van der Waals surface area contributed by atoms with E-state index >= 15 is 0 Å². The molecule has 2 aromatic carbocycles. The van der Waals surface area contributed by atoms with Gasteiger partial charge in [0.15, 0.2) is 0 Å². The first-order chi connectivity index (χ1) is 9.52. The van der Waals surface area contributed by atoms with Crippen molar-refractivity contribution < 1.29 is 4.39 Å². The molecule has 0 saturated heterocycles. The van der Waals surface area contributed by atoms with Crippen LogP contribution in [0.1, 0.15) is 22.7 Å². The molecule has 2 rings (SSSR count). The van der Waals surface area contributed by atoms with Gasteiger partial charge in [-0.25, -0.2) is 4.39 Å². The first-order valence-corrected chi connectivity index (χ1v) is 7.76. The largest absolute Gasteiger partial charge is 0.271 e. The van der Waals surface area contributed by atoms with Crippen LogP contribution in [0.5, 0.6) is 0 Å². The summed E-state index contributed by atoms with van der Waals surface area (Å²) < 4.78 is 15.7. The lowest BCUT2D eigenvalue weighted by molar-refractivity contribution is 0.527. The Labute approximate surface area is 134 Å². The summed E-state index contributed by atoms with van der Waals surface area (Å²) >= 11 is 6.83. The molecule has 0 bridgehead atoms. The van der Waals surface area contributed by atoms with Gasteiger partial charge in [-0.15, -0.1) is 0 Å². The Bertz CT molecular complexity index is 617. The topological polar surface area (TPSA) is 38.0 Å². The van der Waals surface area contributed by atoms with Gasteiger partial charge in [0.05, 0.1) is 6.04 Å². The van der Waals surface area contributed by atoms with Crippen LogP contribution in [0.4, 0.5) is 4.39 Å². The van der Waals surface area contributed by atoms with Crippen molar-refractivity contribution in [3.8, 4) is 0 Å². The van der Waals surface area contributed by atoms with Crippen LogP contribution in [0.3, 0.4) is 0 Å². The number of hydrogen-bond donors (Lipinski definition) is 2. The molecule has 0 heterocycles. The van der Waals surface area contributed by atoms with E-state index in [4.69, 9.17) is 5.84 Å². The van der Waals surface area contributed by atoms with Crippen LogP contribution in [-0.2, 0) is 6.42 Å². The van der Waals surface area contributed by atoms with Crippen LogP contribution in [0.25, 0.3) is 0 Å². The minimum Gasteiger partial charge on any atom is -0.271 e. The van der Waals surface area contributed by atoms with Crippen LogP contribution in [0, 0.1) is 12.7 Å². The van der Waals surface area contributed by atoms with Gasteiger partial charge in [0.1, 0.15) is 5.82 Å². The summed E-state index contributed by atoms with van der Waals surface area (Å²) in [6, 6.07) is 10.9. The van der Waals surface area contributed by atoms with Crippen LogP contribution in [0.15, 0.2) is 45.3 Å². The second kappa shape index (κ2) is 6.80. The highest BCUT2D eigenvalue weighted by atomic mass is 79.9. The van der Waals surface area contributed by atoms with Gasteiger partial charge < -0.3 is 0 Å². The quantitative estimate of drug-likeness (QED) is 0.588. The van der Waals surface area contributed by atoms with Crippen molar-refractivity contribution >= 4 is 31.9 Å². The monoisotopic (exact) mass is 400 g/mol. The summed E-state index contributed by atoms with van der Waals surface area (Å²) in [6.07, 6.45) is 0.484. The van der Waals surface area contributed by atoms with E-state index in [1.165, 1.54) is 6.07 Å². The Morgan fingerprint density at radius 2 is 2.00 bits per heavy atom. The lowest BCUT2D eigenvalue weighted by atomic mass is 9.98. The number of hydrazine groups is 1. The van der Waals surface area contributed by atoms with E-state index < -0.39 is 0 Å². The van der Waals surface area contributed by atoms with Crippen LogP contribution < -0.4 is 11.3 Å². The lowest BCUT2D eigenvalue weighted by Crippen LogP contribution is -2.30. The molecule has 3 N–H and O–H groups in total. The minimum atomic E-state index is -0.233. The van der Waals surface area contributed by atoms with Crippen molar-refractivity contribution in [3.05, 3.63) is 67.9 Å². The Kier molecular flexibility index (Phi) is 5.32. The maximum Gasteiger partial charge on any atom is 0.127 e. The van der Waals surface area contributed by atoms with Gasteiger partial charge in [-0.1, -0.05) is 56.1 Å². The fraction of sp³-hybridized carbons (Fsp3) is 0.200. The molecule has 0 spiro atoms. The average molecular weight is 402 g/mol. The highest BCUT2D eigenvalue weighted by molar-refractivity contribution is 9.10. The van der Waals surface area contributed by atoms with Gasteiger partial charge in [0.25, 0.3) is 0 Å². The normalized spacial score (nSPS) is 12.4. The zero-order valence-corrected chi connectivity index (χ0v) is 14.1. The van der Waals surface area contributed by atoms with E-state index in [2.05, 4.69) is 37.3 Å². The number of benzene rings is 2. The third kappa shape index (κ3) is 3.47. The summed E-state index contributed by atoms with van der Waals surface area (Å²) in [6.45, 7) is 2.02. The molecule has 1 unspecified atom stereocenters. The molecule has 0 amide bonds. The molecule has 0 saturated carbocycles. The van der Waals surface area contributed by atoms with Crippen molar-refractivity contribution in [1.29, 1.82) is 0 Å². The second-order valence-electron chi connectivity index (χ2n) is 4.64. The third-order valence-corrected chi connectivity index (χ3v) is 4.81. The third-order valence-electron chi connectivity index (χ3n) is 3.24. The Morgan fingerprint density at radius 1 is 1.25 bits per heavy atom. The van der Waals surface area contributed by atoms with E-state index in [1.54, 1.807) is 6.07 Å². The number of nitrogens with one attached hydrogen (secondary N) is 1. The number of halogens is 3. The predicted molar refractivity (Wildman–Crippen MR) is 86.7 cm³/mol. The summed E-state index contributed by atoms with van der Waals surface area (Å²) in [5, 5.41) is 0. The SMILES string of the molecule is Cc1cccc(C(Cc2ccc(Br)cc2F)NN)c1Br. The van der Waals surface area contributed by atoms with Crippen molar-refractivity contribution in [2.75, 3.05) is 0 Å². The molecule has 0 aromatic heterocycles. The van der Waals surface area contributed by atoms with Gasteiger partial charge in [0.2, 0.25) is 0 Å². The fourth-order valence-electron chi connectivity index (χ4n) is 2.11. The molecule has 106 valence electrons. The smallest absolute Gasteiger partial charge is 0.127 e. The van der Waals surface area contributed by atoms with E-state index in [1.807, 2.05) is 31.2 Å². The molecule has 5 heteroatoms. The van der Waals surface area contributed by atoms with Crippen molar-refractivity contribution in [2.45, 2.75) is 19.4 Å². The molecule has 2 aromatic rings. The average Bonchev–Trinajstić information content (AvgIpc) is 2.42. The first-order valence-electron chi connectivity index (χ1n) is 6.18. The molecular formula is C15H15Br2FN2. The van der Waals surface area contributed by atoms with Gasteiger partial charge >= 0.3 is 0 Å². The van der Waals surface area contributed by atoms with E-state index in [0.29, 0.717) is 12.0 Å². The zero-order valence-electron chi connectivity index (χ0n) is 11.0. The Morgan fingerprint density at radius 3 is 2.65 bits per heavy atom. The van der Waals surface area contributed by atoms with E-state index in [0.717, 1.165) is 20.1 Å². The summed E-state index contributed by atoms with van der Waals surface area (Å²) in [5.41, 5.74) is 5.54. The molecule has 0 radical (unpaired) electrons. The standard InChI is InChI=1S/C15H15Br2FN2/c1-9-3-2-4-12(15(9)17)14(20-19)7-10-5-6-11(16)8-13(10)18/h2-6,8,14,20H,7,19H2,1H3. The van der Waals surface area contributed by atoms with Crippen LogP contribution in [-0.4, -0.2) is 0 Å². The highest BCUT2D eigenvalue weighted by Crippen LogP contribution is 2.29. The van der Waals surface area contributed by atoms with Gasteiger partial charge in [-0.05, 0) is 42.2 Å². The molecule has 0 aliphatic heterocycles. The summed E-state index contributed by atoms with van der Waals surface area (Å²) in [7, 11) is 0. The number of nitrogens with two attached hydrogens (primary N) is 1. The molecule has 0 aliphatic rings. The number of rotatable bonds is 4. The highest BCUT2D eigenvalue weighted by Gasteiger charge is 2.16. The Hall–Kier alpha value is -0.750. The first kappa shape index (κ1) is 15.6. The molecule has 0 aliphatic carbocycles. The Balaban J connectivity index is 2.31. The number of hydrogen-bond acceptors (Lipinski definition) is 2. The maximum atomic E-state index is 13.9. The molecule has 1 atom stereocenters. The molecule has 2 nitrogen and oxygen atoms in total. The van der Waals surface area contributed by atoms with Gasteiger partial charge in [-0.3, -0.25) is 11.3 Å².